The van der Waals surface area contributed by atoms with Crippen LogP contribution in [0.5, 0.6) is 0 Å². The highest BCUT2D eigenvalue weighted by Crippen LogP contribution is 2.38. The molecule has 0 fully saturated rings. The van der Waals surface area contributed by atoms with Gasteiger partial charge in [0.2, 0.25) is 5.91 Å². The molecular weight excluding hydrogens is 590 g/mol. The van der Waals surface area contributed by atoms with Crippen LogP contribution in [0.25, 0.3) is 22.3 Å². The topological polar surface area (TPSA) is 143 Å². The second-order valence-electron chi connectivity index (χ2n) is 10.4. The minimum atomic E-state index is -1.17. The number of ketones is 2. The number of Topliss-reactive ketones (excluding diaryl/α,β-unsaturated/α-hetero) is 2. The molecule has 0 radical (unpaired) electrons. The molecule has 6 rings (SSSR count). The Kier molecular flexibility index (Phi) is 7.12. The normalized spacial score (nSPS) is 19.7. The third kappa shape index (κ3) is 5.37. The van der Waals surface area contributed by atoms with Crippen molar-refractivity contribution in [1.29, 1.82) is 0 Å². The van der Waals surface area contributed by atoms with Crippen LogP contribution in [-0.4, -0.2) is 55.8 Å². The molecule has 3 atom stereocenters. The summed E-state index contributed by atoms with van der Waals surface area (Å²) in [4.78, 5) is 59.8. The Morgan fingerprint density at radius 2 is 1.88 bits per heavy atom. The van der Waals surface area contributed by atoms with Crippen LogP contribution in [0.2, 0.25) is 0 Å². The Bertz CT molecular complexity index is 1700. The van der Waals surface area contributed by atoms with E-state index in [1.165, 1.54) is 0 Å². The van der Waals surface area contributed by atoms with Crippen molar-refractivity contribution in [2.75, 3.05) is 6.54 Å². The standard InChI is InChI=1S/C30H26BrN5O5/c31-20-6-8-21-23(12-20)32-13-24(34-21)16-1-3-17(4-2-16)26(38)14-33-29(39)19-11-25(37)27-22(35-30(40)41)7-5-18-9-10-36(15-19)28(18)27/h1-4,6,8-10,12-13,19,22,27,35H,5,7,11,14-15H2,(H,33,39)(H,40,41)/t19-,22-,27?/m0/s1. The second kappa shape index (κ2) is 10.9. The molecule has 2 aliphatic rings. The number of halogens is 1. The van der Waals surface area contributed by atoms with Crippen molar-refractivity contribution in [1.82, 2.24) is 25.2 Å². The highest BCUT2D eigenvalue weighted by Gasteiger charge is 2.42. The molecule has 2 amide bonds. The van der Waals surface area contributed by atoms with Crippen LogP contribution in [0.4, 0.5) is 4.79 Å². The van der Waals surface area contributed by atoms with Crippen LogP contribution < -0.4 is 10.6 Å². The largest absolute Gasteiger partial charge is 0.465 e. The third-order valence-corrected chi connectivity index (χ3v) is 8.33. The molecule has 41 heavy (non-hydrogen) atoms. The van der Waals surface area contributed by atoms with E-state index < -0.39 is 24.0 Å². The monoisotopic (exact) mass is 615 g/mol. The maximum absolute atomic E-state index is 13.3. The molecular formula is C30H26BrN5O5. The molecule has 1 unspecified atom stereocenters. The van der Waals surface area contributed by atoms with Crippen LogP contribution in [-0.2, 0) is 22.6 Å². The van der Waals surface area contributed by atoms with Crippen LogP contribution in [0.15, 0.2) is 65.4 Å². The summed E-state index contributed by atoms with van der Waals surface area (Å²) < 4.78 is 2.81. The fourth-order valence-corrected chi connectivity index (χ4v) is 6.20. The van der Waals surface area contributed by atoms with Gasteiger partial charge >= 0.3 is 6.09 Å². The molecule has 0 bridgehead atoms. The molecule has 1 aliphatic heterocycles. The average molecular weight is 616 g/mol. The van der Waals surface area contributed by atoms with Gasteiger partial charge in [-0.2, -0.15) is 0 Å². The first-order chi connectivity index (χ1) is 19.8. The van der Waals surface area contributed by atoms with E-state index in [-0.39, 0.29) is 37.0 Å². The number of aryl methyl sites for hydroxylation is 1. The molecule has 3 heterocycles. The summed E-state index contributed by atoms with van der Waals surface area (Å²) >= 11 is 3.43. The summed E-state index contributed by atoms with van der Waals surface area (Å²) in [6.07, 6.45) is 3.52. The number of nitrogens with one attached hydrogen (secondary N) is 2. The highest BCUT2D eigenvalue weighted by atomic mass is 79.9. The van der Waals surface area contributed by atoms with Gasteiger partial charge in [-0.15, -0.1) is 0 Å². The summed E-state index contributed by atoms with van der Waals surface area (Å²) in [6, 6.07) is 14.0. The van der Waals surface area contributed by atoms with Crippen molar-refractivity contribution >= 4 is 50.5 Å². The van der Waals surface area contributed by atoms with Crippen LogP contribution in [0.1, 0.15) is 40.4 Å². The van der Waals surface area contributed by atoms with Crippen LogP contribution >= 0.6 is 15.9 Å². The number of nitrogens with zero attached hydrogens (tertiary/aromatic N) is 3. The maximum Gasteiger partial charge on any atom is 0.404 e. The fraction of sp³-hybridized carbons (Fsp3) is 0.267. The van der Waals surface area contributed by atoms with Gasteiger partial charge in [0.15, 0.2) is 5.78 Å². The SMILES string of the molecule is O=C(O)N[C@H]1CCc2ccn3c2C1C(=O)C[C@H](C(=O)NCC(=O)c1ccc(-c2cnc4cc(Br)ccc4n2)cc1)C3. The van der Waals surface area contributed by atoms with Crippen molar-refractivity contribution in [2.45, 2.75) is 37.8 Å². The van der Waals surface area contributed by atoms with E-state index in [9.17, 15) is 24.3 Å². The van der Waals surface area contributed by atoms with Gasteiger partial charge in [0.1, 0.15) is 5.78 Å². The van der Waals surface area contributed by atoms with E-state index in [1.807, 2.05) is 35.0 Å². The Hall–Kier alpha value is -4.38. The number of amides is 2. The Morgan fingerprint density at radius 3 is 2.66 bits per heavy atom. The Labute approximate surface area is 243 Å². The Balaban J connectivity index is 1.11. The molecule has 0 saturated carbocycles. The molecule has 4 aromatic rings. The third-order valence-electron chi connectivity index (χ3n) is 7.84. The molecule has 10 nitrogen and oxygen atoms in total. The summed E-state index contributed by atoms with van der Waals surface area (Å²) in [5, 5.41) is 14.5. The number of carbonyl (C=O) groups is 4. The average Bonchev–Trinajstić information content (AvgIpc) is 3.29. The predicted octanol–water partition coefficient (Wildman–Crippen LogP) is 4.11. The first-order valence-corrected chi connectivity index (χ1v) is 14.1. The number of carboxylic acid groups (broad SMARTS) is 1. The van der Waals surface area contributed by atoms with Gasteiger partial charge in [-0.25, -0.2) is 9.78 Å². The van der Waals surface area contributed by atoms with Crippen LogP contribution in [0, 0.1) is 5.92 Å². The quantitative estimate of drug-likeness (QED) is 0.277. The minimum Gasteiger partial charge on any atom is -0.465 e. The van der Waals surface area contributed by atoms with Crippen molar-refractivity contribution in [2.24, 2.45) is 5.92 Å². The fourth-order valence-electron chi connectivity index (χ4n) is 5.85. The number of aromatic nitrogens is 3. The lowest BCUT2D eigenvalue weighted by Gasteiger charge is -2.31. The number of rotatable bonds is 6. The van der Waals surface area contributed by atoms with E-state index in [0.717, 1.165) is 32.3 Å². The molecule has 0 saturated heterocycles. The lowest BCUT2D eigenvalue weighted by atomic mass is 9.79. The first-order valence-electron chi connectivity index (χ1n) is 13.3. The zero-order valence-electron chi connectivity index (χ0n) is 21.8. The summed E-state index contributed by atoms with van der Waals surface area (Å²) in [7, 11) is 0. The highest BCUT2D eigenvalue weighted by molar-refractivity contribution is 9.10. The number of hydrogen-bond acceptors (Lipinski definition) is 6. The van der Waals surface area contributed by atoms with E-state index in [1.54, 1.807) is 30.5 Å². The number of fused-ring (bicyclic) bond motifs is 1. The Morgan fingerprint density at radius 1 is 1.07 bits per heavy atom. The van der Waals surface area contributed by atoms with E-state index in [0.29, 0.717) is 24.1 Å². The first kappa shape index (κ1) is 26.8. The van der Waals surface area contributed by atoms with Crippen molar-refractivity contribution in [3.05, 3.63) is 82.2 Å². The van der Waals surface area contributed by atoms with Gasteiger partial charge < -0.3 is 20.3 Å². The number of carbonyl (C=O) groups excluding carboxylic acids is 3. The van der Waals surface area contributed by atoms with Gasteiger partial charge in [-0.1, -0.05) is 40.2 Å². The van der Waals surface area contributed by atoms with Gasteiger partial charge in [0, 0.05) is 46.5 Å². The lowest BCUT2D eigenvalue weighted by Crippen LogP contribution is -2.44. The number of benzene rings is 2. The zero-order chi connectivity index (χ0) is 28.7. The van der Waals surface area contributed by atoms with Crippen molar-refractivity contribution < 1.29 is 24.3 Å². The van der Waals surface area contributed by atoms with E-state index in [4.69, 9.17) is 0 Å². The molecule has 208 valence electrons. The molecule has 11 heteroatoms. The van der Waals surface area contributed by atoms with Gasteiger partial charge in [-0.3, -0.25) is 19.4 Å². The molecule has 0 spiro atoms. The molecule has 2 aromatic carbocycles. The van der Waals surface area contributed by atoms with Crippen molar-refractivity contribution in [3.8, 4) is 11.3 Å². The summed E-state index contributed by atoms with van der Waals surface area (Å²) in [5.41, 5.74) is 5.26. The van der Waals surface area contributed by atoms with Gasteiger partial charge in [0.25, 0.3) is 0 Å². The summed E-state index contributed by atoms with van der Waals surface area (Å²) in [5.74, 6) is -2.11. The number of hydrogen-bond donors (Lipinski definition) is 3. The minimum absolute atomic E-state index is 0.0257. The smallest absolute Gasteiger partial charge is 0.404 e. The summed E-state index contributed by atoms with van der Waals surface area (Å²) in [6.45, 7) is 0.0831. The molecule has 2 aromatic heterocycles. The van der Waals surface area contributed by atoms with Crippen LogP contribution in [0.3, 0.4) is 0 Å². The van der Waals surface area contributed by atoms with Gasteiger partial charge in [0.05, 0.1) is 41.3 Å². The van der Waals surface area contributed by atoms with E-state index >= 15 is 0 Å². The van der Waals surface area contributed by atoms with E-state index in [2.05, 4.69) is 36.5 Å². The lowest BCUT2D eigenvalue weighted by molar-refractivity contribution is -0.130. The predicted molar refractivity (Wildman–Crippen MR) is 154 cm³/mol. The zero-order valence-corrected chi connectivity index (χ0v) is 23.4. The van der Waals surface area contributed by atoms with Crippen molar-refractivity contribution in [3.63, 3.8) is 0 Å². The van der Waals surface area contributed by atoms with Gasteiger partial charge in [-0.05, 0) is 42.7 Å². The molecule has 1 aliphatic carbocycles. The maximum atomic E-state index is 13.3. The second-order valence-corrected chi connectivity index (χ2v) is 11.3. The molecule has 3 N–H and O–H groups in total.